The van der Waals surface area contributed by atoms with E-state index in [0.717, 1.165) is 43.9 Å². The summed E-state index contributed by atoms with van der Waals surface area (Å²) in [5.41, 5.74) is 3.62. The molecular weight excluding hydrogens is 320 g/mol. The highest BCUT2D eigenvalue weighted by atomic mass is 32.1. The highest BCUT2D eigenvalue weighted by Crippen LogP contribution is 2.32. The Hall–Kier alpha value is -1.50. The molecular formula is C18H26N4OS. The van der Waals surface area contributed by atoms with Crippen LogP contribution in [0.2, 0.25) is 0 Å². The number of hydrogen-bond acceptors (Lipinski definition) is 6. The number of aryl methyl sites for hydroxylation is 1. The van der Waals surface area contributed by atoms with Crippen molar-refractivity contribution in [3.8, 4) is 0 Å². The molecule has 0 bridgehead atoms. The summed E-state index contributed by atoms with van der Waals surface area (Å²) in [5.74, 6) is 1.04. The molecule has 24 heavy (non-hydrogen) atoms. The van der Waals surface area contributed by atoms with Gasteiger partial charge in [-0.25, -0.2) is 9.97 Å². The predicted molar refractivity (Wildman–Crippen MR) is 101 cm³/mol. The van der Waals surface area contributed by atoms with Gasteiger partial charge in [0.2, 0.25) is 0 Å². The smallest absolute Gasteiger partial charge is 0.150 e. The maximum atomic E-state index is 9.46. The Kier molecular flexibility index (Phi) is 5.48. The monoisotopic (exact) mass is 346 g/mol. The van der Waals surface area contributed by atoms with Crippen molar-refractivity contribution >= 4 is 27.4 Å². The molecule has 0 aliphatic carbocycles. The van der Waals surface area contributed by atoms with Gasteiger partial charge in [-0.15, -0.1) is 11.3 Å². The van der Waals surface area contributed by atoms with Gasteiger partial charge in [-0.2, -0.15) is 0 Å². The fourth-order valence-electron chi connectivity index (χ4n) is 3.23. The number of rotatable bonds is 5. The van der Waals surface area contributed by atoms with Gasteiger partial charge in [-0.3, -0.25) is 4.90 Å². The lowest BCUT2D eigenvalue weighted by Crippen LogP contribution is -2.53. The van der Waals surface area contributed by atoms with Crippen molar-refractivity contribution in [1.29, 1.82) is 0 Å². The number of allylic oxidation sites excluding steroid dienone is 1. The minimum absolute atomic E-state index is 0.223. The molecule has 1 N–H and O–H groups in total. The molecule has 2 aromatic heterocycles. The van der Waals surface area contributed by atoms with Crippen molar-refractivity contribution in [3.05, 3.63) is 28.9 Å². The normalized spacial score (nSPS) is 19.0. The van der Waals surface area contributed by atoms with Crippen molar-refractivity contribution in [3.63, 3.8) is 0 Å². The Morgan fingerprint density at radius 1 is 1.38 bits per heavy atom. The lowest BCUT2D eigenvalue weighted by atomic mass is 10.1. The summed E-state index contributed by atoms with van der Waals surface area (Å²) in [5, 5.41) is 11.6. The van der Waals surface area contributed by atoms with Crippen LogP contribution >= 0.6 is 11.3 Å². The summed E-state index contributed by atoms with van der Waals surface area (Å²) in [6.45, 7) is 10.4. The van der Waals surface area contributed by atoms with Gasteiger partial charge < -0.3 is 10.0 Å². The Balaban J connectivity index is 1.81. The maximum Gasteiger partial charge on any atom is 0.150 e. The molecule has 1 unspecified atom stereocenters. The van der Waals surface area contributed by atoms with Crippen molar-refractivity contribution in [2.24, 2.45) is 0 Å². The van der Waals surface area contributed by atoms with Crippen LogP contribution in [0.3, 0.4) is 0 Å². The summed E-state index contributed by atoms with van der Waals surface area (Å²) in [7, 11) is 0. The second-order valence-corrected chi connectivity index (χ2v) is 7.56. The first-order valence-corrected chi connectivity index (χ1v) is 9.40. The second kappa shape index (κ2) is 7.59. The lowest BCUT2D eigenvalue weighted by molar-refractivity contribution is 0.155. The highest BCUT2D eigenvalue weighted by Gasteiger charge is 2.28. The number of aliphatic hydroxyl groups excluding tert-OH is 1. The molecule has 2 aromatic rings. The average Bonchev–Trinajstić information content (AvgIpc) is 2.95. The van der Waals surface area contributed by atoms with E-state index in [9.17, 15) is 5.11 Å². The molecule has 0 spiro atoms. The van der Waals surface area contributed by atoms with Gasteiger partial charge in [0, 0.05) is 38.8 Å². The standard InChI is InChI=1S/C18H26N4OS/c1-13(2)4-6-21-7-8-22(10-15(21)5-9-23)18-17-16(19-12-20-18)14(3)11-24-17/h4,11-12,15,23H,5-10H2,1-3H3. The fraction of sp³-hybridized carbons (Fsp3) is 0.556. The van der Waals surface area contributed by atoms with Gasteiger partial charge >= 0.3 is 0 Å². The molecule has 3 heterocycles. The van der Waals surface area contributed by atoms with Crippen LogP contribution in [-0.2, 0) is 0 Å². The Labute approximate surface area is 147 Å². The second-order valence-electron chi connectivity index (χ2n) is 6.68. The number of hydrogen-bond donors (Lipinski definition) is 1. The first-order chi connectivity index (χ1) is 11.6. The van der Waals surface area contributed by atoms with Crippen LogP contribution in [0, 0.1) is 6.92 Å². The fourth-order valence-corrected chi connectivity index (χ4v) is 4.25. The van der Waals surface area contributed by atoms with E-state index in [1.807, 2.05) is 0 Å². The topological polar surface area (TPSA) is 52.5 Å². The Morgan fingerprint density at radius 3 is 2.96 bits per heavy atom. The van der Waals surface area contributed by atoms with Gasteiger partial charge in [0.1, 0.15) is 12.1 Å². The third-order valence-corrected chi connectivity index (χ3v) is 5.70. The van der Waals surface area contributed by atoms with E-state index in [2.05, 4.69) is 52.0 Å². The van der Waals surface area contributed by atoms with E-state index in [1.165, 1.54) is 15.8 Å². The first-order valence-electron chi connectivity index (χ1n) is 8.52. The minimum Gasteiger partial charge on any atom is -0.396 e. The molecule has 0 aromatic carbocycles. The Bertz CT molecular complexity index is 723. The first kappa shape index (κ1) is 17.3. The molecule has 1 fully saturated rings. The SMILES string of the molecule is CC(C)=CCN1CCN(c2ncnc3c(C)csc23)CC1CCO. The summed E-state index contributed by atoms with van der Waals surface area (Å²) in [6, 6.07) is 0.352. The van der Waals surface area contributed by atoms with Crippen LogP contribution in [-0.4, -0.2) is 58.8 Å². The Morgan fingerprint density at radius 2 is 2.21 bits per heavy atom. The molecule has 1 saturated heterocycles. The molecule has 5 nitrogen and oxygen atoms in total. The van der Waals surface area contributed by atoms with Crippen molar-refractivity contribution < 1.29 is 5.11 Å². The lowest BCUT2D eigenvalue weighted by Gasteiger charge is -2.41. The zero-order valence-corrected chi connectivity index (χ0v) is 15.5. The number of fused-ring (bicyclic) bond motifs is 1. The molecule has 0 saturated carbocycles. The van der Waals surface area contributed by atoms with Crippen molar-refractivity contribution in [2.45, 2.75) is 33.2 Å². The molecule has 1 aliphatic rings. The molecule has 0 amide bonds. The van der Waals surface area contributed by atoms with Crippen molar-refractivity contribution in [2.75, 3.05) is 37.7 Å². The molecule has 3 rings (SSSR count). The molecule has 1 atom stereocenters. The maximum absolute atomic E-state index is 9.46. The predicted octanol–water partition coefficient (Wildman–Crippen LogP) is 2.84. The van der Waals surface area contributed by atoms with E-state index in [0.29, 0.717) is 6.04 Å². The van der Waals surface area contributed by atoms with E-state index in [4.69, 9.17) is 0 Å². The molecule has 1 aliphatic heterocycles. The van der Waals surface area contributed by atoms with Gasteiger partial charge in [0.05, 0.1) is 10.2 Å². The van der Waals surface area contributed by atoms with Crippen LogP contribution in [0.1, 0.15) is 25.8 Å². The summed E-state index contributed by atoms with van der Waals surface area (Å²) >= 11 is 1.72. The number of aromatic nitrogens is 2. The summed E-state index contributed by atoms with van der Waals surface area (Å²) in [4.78, 5) is 13.8. The van der Waals surface area contributed by atoms with Crippen molar-refractivity contribution in [1.82, 2.24) is 14.9 Å². The largest absolute Gasteiger partial charge is 0.396 e. The van der Waals surface area contributed by atoms with Crippen LogP contribution in [0.4, 0.5) is 5.82 Å². The van der Waals surface area contributed by atoms with Gasteiger partial charge in [-0.1, -0.05) is 11.6 Å². The zero-order valence-electron chi connectivity index (χ0n) is 14.7. The summed E-state index contributed by atoms with van der Waals surface area (Å²) < 4.78 is 1.18. The van der Waals surface area contributed by atoms with E-state index in [-0.39, 0.29) is 6.61 Å². The van der Waals surface area contributed by atoms with E-state index in [1.54, 1.807) is 17.7 Å². The number of anilines is 1. The zero-order chi connectivity index (χ0) is 17.1. The number of piperazine rings is 1. The molecule has 130 valence electrons. The number of nitrogens with zero attached hydrogens (tertiary/aromatic N) is 4. The summed E-state index contributed by atoms with van der Waals surface area (Å²) in [6.07, 6.45) is 4.74. The number of thiophene rings is 1. The highest BCUT2D eigenvalue weighted by molar-refractivity contribution is 7.18. The third-order valence-electron chi connectivity index (χ3n) is 4.61. The van der Waals surface area contributed by atoms with Gasteiger partial charge in [0.25, 0.3) is 0 Å². The minimum atomic E-state index is 0.223. The molecule has 0 radical (unpaired) electrons. The van der Waals surface area contributed by atoms with Crippen LogP contribution in [0.15, 0.2) is 23.4 Å². The van der Waals surface area contributed by atoms with Crippen LogP contribution in [0.25, 0.3) is 10.2 Å². The van der Waals surface area contributed by atoms with Gasteiger partial charge in [0.15, 0.2) is 0 Å². The average molecular weight is 347 g/mol. The van der Waals surface area contributed by atoms with Gasteiger partial charge in [-0.05, 0) is 38.1 Å². The van der Waals surface area contributed by atoms with Crippen LogP contribution in [0.5, 0.6) is 0 Å². The van der Waals surface area contributed by atoms with Crippen LogP contribution < -0.4 is 4.90 Å². The molecule has 6 heteroatoms. The quantitative estimate of drug-likeness (QED) is 0.844. The van der Waals surface area contributed by atoms with E-state index >= 15 is 0 Å². The number of aliphatic hydroxyl groups is 1. The van der Waals surface area contributed by atoms with E-state index < -0.39 is 0 Å². The third kappa shape index (κ3) is 3.61.